The fourth-order valence-corrected chi connectivity index (χ4v) is 3.40. The average molecular weight is 426 g/mol. The van der Waals surface area contributed by atoms with E-state index in [-0.39, 0.29) is 17.7 Å². The summed E-state index contributed by atoms with van der Waals surface area (Å²) in [6.45, 7) is 7.11. The fraction of sp³-hybridized carbons (Fsp3) is 0.435. The molecule has 0 saturated carbocycles. The number of piperazine rings is 1. The van der Waals surface area contributed by atoms with E-state index in [1.807, 2.05) is 38.1 Å². The second-order valence-electron chi connectivity index (χ2n) is 7.66. The molecule has 31 heavy (non-hydrogen) atoms. The molecule has 2 aromatic rings. The molecule has 1 atom stereocenters. The van der Waals surface area contributed by atoms with Crippen LogP contribution in [0, 0.1) is 5.92 Å². The van der Waals surface area contributed by atoms with Gasteiger partial charge in [-0.1, -0.05) is 26.0 Å². The molecule has 0 aliphatic carbocycles. The van der Waals surface area contributed by atoms with Crippen molar-refractivity contribution in [1.82, 2.24) is 15.1 Å². The van der Waals surface area contributed by atoms with Crippen molar-refractivity contribution in [1.29, 1.82) is 0 Å². The number of amides is 2. The summed E-state index contributed by atoms with van der Waals surface area (Å²) in [6.07, 6.45) is 2.32. The smallest absolute Gasteiger partial charge is 0.289 e. The van der Waals surface area contributed by atoms with E-state index in [2.05, 4.69) is 20.5 Å². The summed E-state index contributed by atoms with van der Waals surface area (Å²) in [6, 6.07) is 11.2. The number of furan rings is 1. The van der Waals surface area contributed by atoms with E-state index in [4.69, 9.17) is 4.42 Å². The van der Waals surface area contributed by atoms with Crippen molar-refractivity contribution in [3.05, 3.63) is 54.0 Å². The first-order chi connectivity index (χ1) is 15.0. The number of guanidine groups is 1. The second-order valence-corrected chi connectivity index (χ2v) is 7.66. The molecule has 8 nitrogen and oxygen atoms in total. The minimum atomic E-state index is -0.0798. The maximum atomic E-state index is 12.4. The van der Waals surface area contributed by atoms with Crippen molar-refractivity contribution in [3.8, 4) is 0 Å². The number of nitrogens with one attached hydrogen (secondary N) is 2. The van der Waals surface area contributed by atoms with Crippen LogP contribution in [0.5, 0.6) is 0 Å². The van der Waals surface area contributed by atoms with Gasteiger partial charge in [0, 0.05) is 51.4 Å². The topological polar surface area (TPSA) is 90.2 Å². The first-order valence-electron chi connectivity index (χ1n) is 10.7. The van der Waals surface area contributed by atoms with Gasteiger partial charge >= 0.3 is 0 Å². The number of rotatable bonds is 6. The summed E-state index contributed by atoms with van der Waals surface area (Å²) in [7, 11) is 1.76. The fourth-order valence-electron chi connectivity index (χ4n) is 3.40. The molecule has 2 N–H and O–H groups in total. The summed E-state index contributed by atoms with van der Waals surface area (Å²) < 4.78 is 5.22. The Hall–Kier alpha value is -3.29. The number of carbonyl (C=O) groups is 2. The number of hydrogen-bond acceptors (Lipinski definition) is 4. The number of carbonyl (C=O) groups excluding carboxylic acids is 2. The lowest BCUT2D eigenvalue weighted by Crippen LogP contribution is -2.53. The van der Waals surface area contributed by atoms with E-state index in [0.29, 0.717) is 38.5 Å². The Morgan fingerprint density at radius 3 is 2.52 bits per heavy atom. The lowest BCUT2D eigenvalue weighted by molar-refractivity contribution is -0.119. The molecule has 1 aromatic heterocycles. The van der Waals surface area contributed by atoms with E-state index in [9.17, 15) is 9.59 Å². The first kappa shape index (κ1) is 22.4. The molecule has 0 radical (unpaired) electrons. The van der Waals surface area contributed by atoms with Gasteiger partial charge in [0.05, 0.1) is 6.26 Å². The normalized spacial score (nSPS) is 15.5. The Morgan fingerprint density at radius 2 is 1.87 bits per heavy atom. The molecule has 1 unspecified atom stereocenters. The number of hydrogen-bond donors (Lipinski definition) is 2. The first-order valence-corrected chi connectivity index (χ1v) is 10.7. The van der Waals surface area contributed by atoms with Gasteiger partial charge in [0.1, 0.15) is 0 Å². The highest BCUT2D eigenvalue weighted by atomic mass is 16.3. The summed E-state index contributed by atoms with van der Waals surface area (Å²) in [5.41, 5.74) is 1.85. The lowest BCUT2D eigenvalue weighted by Gasteiger charge is -2.36. The number of benzene rings is 1. The predicted molar refractivity (Wildman–Crippen MR) is 121 cm³/mol. The molecule has 1 aromatic carbocycles. The molecule has 3 rings (SSSR count). The SMILES string of the molecule is CCC(C)C(=O)Nc1cccc(CNC(=NC)N2CCN(C(=O)c3ccco3)CC2)c1. The molecule has 1 aliphatic heterocycles. The van der Waals surface area contributed by atoms with Crippen LogP contribution in [-0.4, -0.2) is 60.8 Å². The lowest BCUT2D eigenvalue weighted by atomic mass is 10.1. The molecule has 1 fully saturated rings. The molecular weight excluding hydrogens is 394 g/mol. The predicted octanol–water partition coefficient (Wildman–Crippen LogP) is 2.80. The molecule has 2 amide bonds. The van der Waals surface area contributed by atoms with E-state index in [1.165, 1.54) is 6.26 Å². The zero-order chi connectivity index (χ0) is 22.2. The standard InChI is InChI=1S/C23H31N5O3/c1-4-17(2)21(29)26-19-8-5-7-18(15-19)16-25-23(24-3)28-12-10-27(11-13-28)22(30)20-9-6-14-31-20/h5-9,14-15,17H,4,10-13,16H2,1-3H3,(H,24,25)(H,26,29). The second kappa shape index (κ2) is 10.7. The molecule has 2 heterocycles. The molecule has 1 aliphatic rings. The van der Waals surface area contributed by atoms with Gasteiger partial charge in [-0.2, -0.15) is 0 Å². The quantitative estimate of drug-likeness (QED) is 0.549. The van der Waals surface area contributed by atoms with Gasteiger partial charge in [-0.05, 0) is 36.2 Å². The highest BCUT2D eigenvalue weighted by Gasteiger charge is 2.25. The van der Waals surface area contributed by atoms with E-state index in [0.717, 1.165) is 23.6 Å². The Morgan fingerprint density at radius 1 is 1.13 bits per heavy atom. The molecule has 0 bridgehead atoms. The summed E-state index contributed by atoms with van der Waals surface area (Å²) in [5, 5.41) is 6.36. The van der Waals surface area contributed by atoms with Gasteiger partial charge in [-0.15, -0.1) is 0 Å². The van der Waals surface area contributed by atoms with Crippen molar-refractivity contribution in [2.24, 2.45) is 10.9 Å². The Balaban J connectivity index is 1.51. The largest absolute Gasteiger partial charge is 0.459 e. The third-order valence-electron chi connectivity index (χ3n) is 5.52. The number of nitrogens with zero attached hydrogens (tertiary/aromatic N) is 3. The van der Waals surface area contributed by atoms with E-state index < -0.39 is 0 Å². The summed E-state index contributed by atoms with van der Waals surface area (Å²) in [5.74, 6) is 1.10. The maximum Gasteiger partial charge on any atom is 0.289 e. The molecule has 1 saturated heterocycles. The maximum absolute atomic E-state index is 12.4. The third kappa shape index (κ3) is 5.87. The van der Waals surface area contributed by atoms with Crippen LogP contribution in [0.2, 0.25) is 0 Å². The minimum Gasteiger partial charge on any atom is -0.459 e. The van der Waals surface area contributed by atoms with Crippen molar-refractivity contribution >= 4 is 23.5 Å². The van der Waals surface area contributed by atoms with Gasteiger partial charge in [-0.3, -0.25) is 14.6 Å². The Bertz CT molecular complexity index is 902. The van der Waals surface area contributed by atoms with Crippen LogP contribution in [0.25, 0.3) is 0 Å². The Kier molecular flexibility index (Phi) is 7.70. The third-order valence-corrected chi connectivity index (χ3v) is 5.52. The average Bonchev–Trinajstić information content (AvgIpc) is 3.34. The number of aliphatic imine (C=N–C) groups is 1. The highest BCUT2D eigenvalue weighted by Crippen LogP contribution is 2.14. The summed E-state index contributed by atoms with van der Waals surface area (Å²) in [4.78, 5) is 32.9. The van der Waals surface area contributed by atoms with Crippen LogP contribution in [-0.2, 0) is 11.3 Å². The molecule has 8 heteroatoms. The van der Waals surface area contributed by atoms with Crippen LogP contribution in [0.4, 0.5) is 5.69 Å². The highest BCUT2D eigenvalue weighted by molar-refractivity contribution is 5.92. The van der Waals surface area contributed by atoms with Crippen LogP contribution >= 0.6 is 0 Å². The minimum absolute atomic E-state index is 0.0149. The zero-order valence-corrected chi connectivity index (χ0v) is 18.4. The van der Waals surface area contributed by atoms with Crippen LogP contribution in [0.15, 0.2) is 52.1 Å². The van der Waals surface area contributed by atoms with Gasteiger partial charge < -0.3 is 24.9 Å². The van der Waals surface area contributed by atoms with Gasteiger partial charge in [0.25, 0.3) is 5.91 Å². The van der Waals surface area contributed by atoms with E-state index >= 15 is 0 Å². The number of anilines is 1. The van der Waals surface area contributed by atoms with Crippen molar-refractivity contribution < 1.29 is 14.0 Å². The monoisotopic (exact) mass is 425 g/mol. The van der Waals surface area contributed by atoms with E-state index in [1.54, 1.807) is 24.1 Å². The van der Waals surface area contributed by atoms with Gasteiger partial charge in [0.15, 0.2) is 11.7 Å². The van der Waals surface area contributed by atoms with Crippen molar-refractivity contribution in [3.63, 3.8) is 0 Å². The molecule has 166 valence electrons. The van der Waals surface area contributed by atoms with Gasteiger partial charge in [0.2, 0.25) is 5.91 Å². The van der Waals surface area contributed by atoms with Crippen LogP contribution in [0.3, 0.4) is 0 Å². The zero-order valence-electron chi connectivity index (χ0n) is 18.4. The van der Waals surface area contributed by atoms with Crippen LogP contribution in [0.1, 0.15) is 36.4 Å². The van der Waals surface area contributed by atoms with Gasteiger partial charge in [-0.25, -0.2) is 0 Å². The molecule has 0 spiro atoms. The van der Waals surface area contributed by atoms with Crippen molar-refractivity contribution in [2.45, 2.75) is 26.8 Å². The Labute approximate surface area is 183 Å². The van der Waals surface area contributed by atoms with Crippen LogP contribution < -0.4 is 10.6 Å². The summed E-state index contributed by atoms with van der Waals surface area (Å²) >= 11 is 0. The van der Waals surface area contributed by atoms with Crippen molar-refractivity contribution in [2.75, 3.05) is 38.5 Å². The molecular formula is C23H31N5O3.